The lowest BCUT2D eigenvalue weighted by molar-refractivity contribution is 0.0910. The van der Waals surface area contributed by atoms with Crippen LogP contribution in [0.1, 0.15) is 23.8 Å². The summed E-state index contributed by atoms with van der Waals surface area (Å²) in [5.41, 5.74) is 1.45. The van der Waals surface area contributed by atoms with Crippen LogP contribution < -0.4 is 5.32 Å². The average Bonchev–Trinajstić information content (AvgIpc) is 3.04. The Morgan fingerprint density at radius 3 is 3.06 bits per heavy atom. The van der Waals surface area contributed by atoms with Gasteiger partial charge in [-0.3, -0.25) is 4.79 Å². The van der Waals surface area contributed by atoms with Crippen molar-refractivity contribution in [2.45, 2.75) is 19.4 Å². The molecule has 0 aromatic carbocycles. The molecule has 0 bridgehead atoms. The van der Waals surface area contributed by atoms with Crippen molar-refractivity contribution in [2.24, 2.45) is 0 Å². The first-order valence-corrected chi connectivity index (χ1v) is 7.47. The van der Waals surface area contributed by atoms with Gasteiger partial charge in [0.1, 0.15) is 10.7 Å². The zero-order valence-corrected chi connectivity index (χ0v) is 11.6. The predicted octanol–water partition coefficient (Wildman–Crippen LogP) is 2.37. The Bertz CT molecular complexity index is 508. The Kier molecular flexibility index (Phi) is 4.46. The first-order valence-electron chi connectivity index (χ1n) is 5.65. The van der Waals surface area contributed by atoms with Gasteiger partial charge < -0.3 is 10.4 Å². The summed E-state index contributed by atoms with van der Waals surface area (Å²) in [5.74, 6) is -0.236. The van der Waals surface area contributed by atoms with Crippen molar-refractivity contribution >= 4 is 28.6 Å². The molecule has 1 atom stereocenters. The van der Waals surface area contributed by atoms with E-state index >= 15 is 0 Å². The van der Waals surface area contributed by atoms with E-state index in [0.717, 1.165) is 10.6 Å². The molecule has 1 unspecified atom stereocenters. The van der Waals surface area contributed by atoms with Gasteiger partial charge in [-0.2, -0.15) is 11.3 Å². The Morgan fingerprint density at radius 1 is 1.56 bits per heavy atom. The highest BCUT2D eigenvalue weighted by molar-refractivity contribution is 7.14. The summed E-state index contributed by atoms with van der Waals surface area (Å²) in [6.07, 6.45) is 0.126. The second-order valence-electron chi connectivity index (χ2n) is 3.82. The largest absolute Gasteiger partial charge is 0.391 e. The van der Waals surface area contributed by atoms with Gasteiger partial charge in [-0.25, -0.2) is 4.98 Å². The third-order valence-corrected chi connectivity index (χ3v) is 4.05. The third-order valence-electron chi connectivity index (χ3n) is 2.47. The number of aromatic nitrogens is 1. The average molecular weight is 282 g/mol. The molecule has 2 aromatic rings. The smallest absolute Gasteiger partial charge is 0.270 e. The molecule has 0 fully saturated rings. The molecule has 0 radical (unpaired) electrons. The first kappa shape index (κ1) is 13.2. The van der Waals surface area contributed by atoms with Crippen LogP contribution in [0.3, 0.4) is 0 Å². The monoisotopic (exact) mass is 282 g/mol. The van der Waals surface area contributed by atoms with E-state index in [-0.39, 0.29) is 12.5 Å². The highest BCUT2D eigenvalue weighted by atomic mass is 32.1. The van der Waals surface area contributed by atoms with Crippen molar-refractivity contribution in [3.63, 3.8) is 0 Å². The molecule has 2 heterocycles. The van der Waals surface area contributed by atoms with Gasteiger partial charge in [-0.05, 0) is 17.9 Å². The summed E-state index contributed by atoms with van der Waals surface area (Å²) in [5, 5.41) is 18.6. The summed E-state index contributed by atoms with van der Waals surface area (Å²) >= 11 is 3.05. The predicted molar refractivity (Wildman–Crippen MR) is 74.1 cm³/mol. The summed E-state index contributed by atoms with van der Waals surface area (Å²) in [7, 11) is 0. The number of aliphatic hydroxyl groups is 1. The Balaban J connectivity index is 1.99. The quantitative estimate of drug-likeness (QED) is 0.885. The van der Waals surface area contributed by atoms with Gasteiger partial charge in [0.25, 0.3) is 5.91 Å². The number of carbonyl (C=O) groups is 1. The second kappa shape index (κ2) is 6.08. The lowest BCUT2D eigenvalue weighted by Gasteiger charge is -2.07. The van der Waals surface area contributed by atoms with Gasteiger partial charge in [0, 0.05) is 22.9 Å². The standard InChI is InChI=1S/C12H14N2O2S2/c1-2-9(15)5-13-11(16)10-7-18-12(14-10)8-3-4-17-6-8/h3-4,6-7,9,15H,2,5H2,1H3,(H,13,16). The maximum atomic E-state index is 11.8. The van der Waals surface area contributed by atoms with E-state index in [1.807, 2.05) is 23.8 Å². The Hall–Kier alpha value is -1.24. The third kappa shape index (κ3) is 3.16. The van der Waals surface area contributed by atoms with Crippen molar-refractivity contribution in [1.82, 2.24) is 10.3 Å². The molecule has 1 amide bonds. The number of rotatable bonds is 5. The van der Waals surface area contributed by atoms with Crippen LogP contribution in [0.25, 0.3) is 10.6 Å². The first-order chi connectivity index (χ1) is 8.70. The number of aliphatic hydroxyl groups excluding tert-OH is 1. The fraction of sp³-hybridized carbons (Fsp3) is 0.333. The van der Waals surface area contributed by atoms with Crippen molar-refractivity contribution < 1.29 is 9.90 Å². The lowest BCUT2D eigenvalue weighted by atomic mass is 10.3. The van der Waals surface area contributed by atoms with E-state index in [1.165, 1.54) is 11.3 Å². The SMILES string of the molecule is CCC(O)CNC(=O)c1csc(-c2ccsc2)n1. The molecule has 2 aromatic heterocycles. The summed E-state index contributed by atoms with van der Waals surface area (Å²) in [6.45, 7) is 2.13. The molecule has 96 valence electrons. The van der Waals surface area contributed by atoms with E-state index in [2.05, 4.69) is 10.3 Å². The fourth-order valence-corrected chi connectivity index (χ4v) is 2.85. The Labute approximate surface area is 113 Å². The minimum atomic E-state index is -0.496. The van der Waals surface area contributed by atoms with Crippen LogP contribution in [0.4, 0.5) is 0 Å². The summed E-state index contributed by atoms with van der Waals surface area (Å²) < 4.78 is 0. The van der Waals surface area contributed by atoms with E-state index < -0.39 is 6.10 Å². The highest BCUT2D eigenvalue weighted by Gasteiger charge is 2.12. The van der Waals surface area contributed by atoms with E-state index in [9.17, 15) is 9.90 Å². The minimum absolute atomic E-state index is 0.236. The van der Waals surface area contributed by atoms with Crippen molar-refractivity contribution in [2.75, 3.05) is 6.54 Å². The van der Waals surface area contributed by atoms with Gasteiger partial charge >= 0.3 is 0 Å². The zero-order chi connectivity index (χ0) is 13.0. The number of hydrogen-bond acceptors (Lipinski definition) is 5. The highest BCUT2D eigenvalue weighted by Crippen LogP contribution is 2.25. The molecule has 0 spiro atoms. The topological polar surface area (TPSA) is 62.2 Å². The molecule has 0 aliphatic rings. The van der Waals surface area contributed by atoms with E-state index in [4.69, 9.17) is 0 Å². The molecule has 4 nitrogen and oxygen atoms in total. The molecule has 2 N–H and O–H groups in total. The molecule has 0 saturated heterocycles. The number of nitrogens with one attached hydrogen (secondary N) is 1. The van der Waals surface area contributed by atoms with Crippen LogP contribution >= 0.6 is 22.7 Å². The van der Waals surface area contributed by atoms with Crippen molar-refractivity contribution in [1.29, 1.82) is 0 Å². The van der Waals surface area contributed by atoms with Crippen LogP contribution in [0.15, 0.2) is 22.2 Å². The van der Waals surface area contributed by atoms with E-state index in [0.29, 0.717) is 12.1 Å². The van der Waals surface area contributed by atoms with Crippen LogP contribution in [0.2, 0.25) is 0 Å². The zero-order valence-electron chi connectivity index (χ0n) is 9.92. The molecular formula is C12H14N2O2S2. The fourth-order valence-electron chi connectivity index (χ4n) is 1.34. The number of nitrogens with zero attached hydrogens (tertiary/aromatic N) is 1. The molecule has 0 aliphatic carbocycles. The van der Waals surface area contributed by atoms with Crippen molar-refractivity contribution in [3.8, 4) is 10.6 Å². The summed E-state index contributed by atoms with van der Waals surface area (Å²) in [6, 6.07) is 1.98. The number of thiophene rings is 1. The minimum Gasteiger partial charge on any atom is -0.391 e. The van der Waals surface area contributed by atoms with Gasteiger partial charge in [-0.1, -0.05) is 6.92 Å². The second-order valence-corrected chi connectivity index (χ2v) is 5.46. The van der Waals surface area contributed by atoms with Crippen molar-refractivity contribution in [3.05, 3.63) is 27.9 Å². The van der Waals surface area contributed by atoms with Crippen LogP contribution in [0, 0.1) is 0 Å². The number of hydrogen-bond donors (Lipinski definition) is 2. The molecular weight excluding hydrogens is 268 g/mol. The maximum Gasteiger partial charge on any atom is 0.270 e. The number of thiazole rings is 1. The van der Waals surface area contributed by atoms with Gasteiger partial charge in [0.2, 0.25) is 0 Å². The lowest BCUT2D eigenvalue weighted by Crippen LogP contribution is -2.31. The molecule has 0 aliphatic heterocycles. The molecule has 18 heavy (non-hydrogen) atoms. The molecule has 2 rings (SSSR count). The maximum absolute atomic E-state index is 11.8. The number of amides is 1. The van der Waals surface area contributed by atoms with Gasteiger partial charge in [0.05, 0.1) is 6.10 Å². The molecule has 0 saturated carbocycles. The van der Waals surface area contributed by atoms with Crippen LogP contribution in [-0.2, 0) is 0 Å². The summed E-state index contributed by atoms with van der Waals surface area (Å²) in [4.78, 5) is 16.1. The number of carbonyl (C=O) groups excluding carboxylic acids is 1. The van der Waals surface area contributed by atoms with Crippen LogP contribution in [0.5, 0.6) is 0 Å². The molecule has 6 heteroatoms. The van der Waals surface area contributed by atoms with Gasteiger partial charge in [0.15, 0.2) is 0 Å². The van der Waals surface area contributed by atoms with Gasteiger partial charge in [-0.15, -0.1) is 11.3 Å². The van der Waals surface area contributed by atoms with E-state index in [1.54, 1.807) is 16.7 Å². The normalized spacial score (nSPS) is 12.3. The van der Waals surface area contributed by atoms with Crippen LogP contribution in [-0.4, -0.2) is 28.6 Å². The Morgan fingerprint density at radius 2 is 2.39 bits per heavy atom.